The Hall–Kier alpha value is -0.650. The Balaban J connectivity index is 2.36. The second-order valence-electron chi connectivity index (χ2n) is 4.54. The van der Waals surface area contributed by atoms with E-state index in [0.717, 1.165) is 21.9 Å². The minimum absolute atomic E-state index is 0.169. The molecule has 2 aromatic rings. The summed E-state index contributed by atoms with van der Waals surface area (Å²) >= 11 is 7.10. The fourth-order valence-corrected chi connectivity index (χ4v) is 3.38. The third kappa shape index (κ3) is 3.91. The Kier molecular flexibility index (Phi) is 5.19. The van der Waals surface area contributed by atoms with Gasteiger partial charge in [-0.25, -0.2) is 0 Å². The fraction of sp³-hybridized carbons (Fsp3) is 0.357. The van der Waals surface area contributed by atoms with Crippen LogP contribution in [0.25, 0.3) is 0 Å². The largest absolute Gasteiger partial charge is 0.306 e. The molecule has 0 aliphatic rings. The maximum Gasteiger partial charge on any atom is 0.0608 e. The van der Waals surface area contributed by atoms with Crippen molar-refractivity contribution < 1.29 is 0 Å². The zero-order valence-corrected chi connectivity index (χ0v) is 14.2. The zero-order valence-electron chi connectivity index (χ0n) is 11.0. The molecule has 0 bridgehead atoms. The molecule has 1 atom stereocenters. The van der Waals surface area contributed by atoms with Crippen molar-refractivity contribution >= 4 is 31.9 Å². The van der Waals surface area contributed by atoms with Gasteiger partial charge in [0.1, 0.15) is 0 Å². The molecule has 1 N–H and O–H groups in total. The summed E-state index contributed by atoms with van der Waals surface area (Å²) in [4.78, 5) is 0. The molecule has 0 fully saturated rings. The van der Waals surface area contributed by atoms with E-state index in [0.29, 0.717) is 0 Å². The molecule has 19 heavy (non-hydrogen) atoms. The summed E-state index contributed by atoms with van der Waals surface area (Å²) in [5.41, 5.74) is 2.41. The van der Waals surface area contributed by atoms with Gasteiger partial charge >= 0.3 is 0 Å². The zero-order chi connectivity index (χ0) is 13.8. The smallest absolute Gasteiger partial charge is 0.0608 e. The maximum absolute atomic E-state index is 4.27. The normalized spacial score (nSPS) is 12.6. The first-order valence-electron chi connectivity index (χ1n) is 6.28. The molecule has 0 aliphatic heterocycles. The van der Waals surface area contributed by atoms with E-state index >= 15 is 0 Å². The highest BCUT2D eigenvalue weighted by atomic mass is 79.9. The Morgan fingerprint density at radius 2 is 1.89 bits per heavy atom. The summed E-state index contributed by atoms with van der Waals surface area (Å²) < 4.78 is 3.98. The predicted molar refractivity (Wildman–Crippen MR) is 85.2 cm³/mol. The van der Waals surface area contributed by atoms with E-state index in [9.17, 15) is 0 Å². The average molecular weight is 387 g/mol. The van der Waals surface area contributed by atoms with Crippen molar-refractivity contribution in [1.82, 2.24) is 15.1 Å². The summed E-state index contributed by atoms with van der Waals surface area (Å²) in [6.07, 6.45) is 5.08. The van der Waals surface area contributed by atoms with Crippen LogP contribution >= 0.6 is 31.9 Å². The third-order valence-electron chi connectivity index (χ3n) is 2.87. The van der Waals surface area contributed by atoms with Crippen molar-refractivity contribution in [3.8, 4) is 0 Å². The molecule has 0 saturated carbocycles. The van der Waals surface area contributed by atoms with Crippen molar-refractivity contribution in [2.24, 2.45) is 7.05 Å². The van der Waals surface area contributed by atoms with Crippen LogP contribution in [0, 0.1) is 0 Å². The molecular formula is C14H17Br2N3. The maximum atomic E-state index is 4.27. The van der Waals surface area contributed by atoms with Gasteiger partial charge in [-0.05, 0) is 36.7 Å². The van der Waals surface area contributed by atoms with E-state index in [1.165, 1.54) is 11.1 Å². The molecule has 2 rings (SSSR count). The van der Waals surface area contributed by atoms with E-state index in [1.807, 2.05) is 24.0 Å². The Morgan fingerprint density at radius 3 is 2.42 bits per heavy atom. The number of halogens is 2. The summed E-state index contributed by atoms with van der Waals surface area (Å²) in [5, 5.41) is 7.84. The van der Waals surface area contributed by atoms with E-state index in [2.05, 4.69) is 67.5 Å². The lowest BCUT2D eigenvalue weighted by Crippen LogP contribution is -2.22. The molecular weight excluding hydrogens is 370 g/mol. The van der Waals surface area contributed by atoms with E-state index in [-0.39, 0.29) is 6.04 Å². The van der Waals surface area contributed by atoms with Gasteiger partial charge in [-0.1, -0.05) is 38.8 Å². The SMILES string of the molecule is CCCNC(c1cc(Br)cc(Br)c1)c1cnn(C)c1. The summed E-state index contributed by atoms with van der Waals surface area (Å²) in [7, 11) is 1.94. The van der Waals surface area contributed by atoms with Crippen molar-refractivity contribution in [2.75, 3.05) is 6.54 Å². The van der Waals surface area contributed by atoms with Crippen molar-refractivity contribution in [1.29, 1.82) is 0 Å². The molecule has 0 amide bonds. The highest BCUT2D eigenvalue weighted by Crippen LogP contribution is 2.28. The number of aromatic nitrogens is 2. The van der Waals surface area contributed by atoms with Gasteiger partial charge in [0.15, 0.2) is 0 Å². The number of hydrogen-bond donors (Lipinski definition) is 1. The molecule has 1 heterocycles. The minimum Gasteiger partial charge on any atom is -0.306 e. The molecule has 0 spiro atoms. The number of nitrogens with zero attached hydrogens (tertiary/aromatic N) is 2. The first-order valence-corrected chi connectivity index (χ1v) is 7.86. The third-order valence-corrected chi connectivity index (χ3v) is 3.79. The van der Waals surface area contributed by atoms with E-state index in [1.54, 1.807) is 0 Å². The summed E-state index contributed by atoms with van der Waals surface area (Å²) in [6, 6.07) is 6.50. The van der Waals surface area contributed by atoms with Crippen LogP contribution in [0.2, 0.25) is 0 Å². The first-order chi connectivity index (χ1) is 9.10. The van der Waals surface area contributed by atoms with Crippen LogP contribution in [0.1, 0.15) is 30.5 Å². The van der Waals surface area contributed by atoms with Crippen LogP contribution < -0.4 is 5.32 Å². The van der Waals surface area contributed by atoms with Gasteiger partial charge < -0.3 is 5.32 Å². The molecule has 0 radical (unpaired) electrons. The molecule has 0 saturated heterocycles. The van der Waals surface area contributed by atoms with Gasteiger partial charge in [-0.3, -0.25) is 4.68 Å². The molecule has 5 heteroatoms. The summed E-state index contributed by atoms with van der Waals surface area (Å²) in [5.74, 6) is 0. The topological polar surface area (TPSA) is 29.9 Å². The van der Waals surface area contributed by atoms with Gasteiger partial charge in [0.2, 0.25) is 0 Å². The van der Waals surface area contributed by atoms with E-state index < -0.39 is 0 Å². The number of aryl methyl sites for hydroxylation is 1. The van der Waals surface area contributed by atoms with Gasteiger partial charge in [-0.2, -0.15) is 5.10 Å². The van der Waals surface area contributed by atoms with Gasteiger partial charge in [-0.15, -0.1) is 0 Å². The molecule has 0 aliphatic carbocycles. The highest BCUT2D eigenvalue weighted by Gasteiger charge is 2.15. The quantitative estimate of drug-likeness (QED) is 0.840. The number of rotatable bonds is 5. The molecule has 3 nitrogen and oxygen atoms in total. The van der Waals surface area contributed by atoms with Crippen LogP contribution in [0.4, 0.5) is 0 Å². The van der Waals surface area contributed by atoms with Gasteiger partial charge in [0.25, 0.3) is 0 Å². The predicted octanol–water partition coefficient (Wildman–Crippen LogP) is 4.03. The molecule has 1 aromatic heterocycles. The molecule has 1 unspecified atom stereocenters. The van der Waals surface area contributed by atoms with Crippen LogP contribution in [0.3, 0.4) is 0 Å². The van der Waals surface area contributed by atoms with Crippen LogP contribution in [-0.4, -0.2) is 16.3 Å². The Bertz CT molecular complexity index is 531. The second kappa shape index (κ2) is 6.68. The van der Waals surface area contributed by atoms with Crippen LogP contribution in [-0.2, 0) is 7.05 Å². The van der Waals surface area contributed by atoms with Crippen molar-refractivity contribution in [2.45, 2.75) is 19.4 Å². The van der Waals surface area contributed by atoms with Crippen LogP contribution in [0.5, 0.6) is 0 Å². The number of benzene rings is 1. The van der Waals surface area contributed by atoms with Crippen molar-refractivity contribution in [3.63, 3.8) is 0 Å². The standard InChI is InChI=1S/C14H17Br2N3/c1-3-4-17-14(11-8-18-19(2)9-11)10-5-12(15)7-13(16)6-10/h5-9,14,17H,3-4H2,1-2H3. The Morgan fingerprint density at radius 1 is 1.21 bits per heavy atom. The lowest BCUT2D eigenvalue weighted by atomic mass is 10.0. The van der Waals surface area contributed by atoms with Crippen molar-refractivity contribution in [3.05, 3.63) is 50.7 Å². The van der Waals surface area contributed by atoms with Gasteiger partial charge in [0.05, 0.1) is 12.2 Å². The minimum atomic E-state index is 0.169. The number of hydrogen-bond acceptors (Lipinski definition) is 2. The lowest BCUT2D eigenvalue weighted by molar-refractivity contribution is 0.597. The molecule has 1 aromatic carbocycles. The van der Waals surface area contributed by atoms with E-state index in [4.69, 9.17) is 0 Å². The average Bonchev–Trinajstić information content (AvgIpc) is 2.75. The van der Waals surface area contributed by atoms with Crippen LogP contribution in [0.15, 0.2) is 39.5 Å². The van der Waals surface area contributed by atoms with Gasteiger partial charge in [0, 0.05) is 27.8 Å². The molecule has 102 valence electrons. The Labute approximate surface area is 130 Å². The highest BCUT2D eigenvalue weighted by molar-refractivity contribution is 9.11. The fourth-order valence-electron chi connectivity index (χ4n) is 2.05. The number of nitrogens with one attached hydrogen (secondary N) is 1. The lowest BCUT2D eigenvalue weighted by Gasteiger charge is -2.18. The summed E-state index contributed by atoms with van der Waals surface area (Å²) in [6.45, 7) is 3.15. The second-order valence-corrected chi connectivity index (χ2v) is 6.37. The first kappa shape index (κ1) is 14.8. The monoisotopic (exact) mass is 385 g/mol.